The smallest absolute Gasteiger partial charge is 0.352 e. The minimum atomic E-state index is -4.37. The molecule has 0 spiro atoms. The Morgan fingerprint density at radius 2 is 1.89 bits per heavy atom. The van der Waals surface area contributed by atoms with Gasteiger partial charge >= 0.3 is 6.18 Å². The van der Waals surface area contributed by atoms with Crippen molar-refractivity contribution in [3.05, 3.63) is 70.8 Å². The molecule has 0 aliphatic heterocycles. The zero-order valence-corrected chi connectivity index (χ0v) is 17.2. The Morgan fingerprint density at radius 1 is 1.19 bits per heavy atom. The molecule has 0 aliphatic rings. The maximum absolute atomic E-state index is 12.9. The quantitative estimate of drug-likeness (QED) is 0.375. The number of nitriles is 1. The lowest BCUT2D eigenvalue weighted by atomic mass is 10.1. The maximum Gasteiger partial charge on any atom is 0.416 e. The third kappa shape index (κ3) is 6.75. The highest BCUT2D eigenvalue weighted by Crippen LogP contribution is 2.30. The van der Waals surface area contributed by atoms with Crippen LogP contribution in [0.2, 0.25) is 0 Å². The van der Waals surface area contributed by atoms with Crippen molar-refractivity contribution in [2.45, 2.75) is 25.7 Å². The van der Waals surface area contributed by atoms with Crippen molar-refractivity contribution in [2.75, 3.05) is 7.05 Å². The Morgan fingerprint density at radius 3 is 2.52 bits per heavy atom. The molecule has 0 aliphatic carbocycles. The molecule has 0 aromatic heterocycles. The van der Waals surface area contributed by atoms with E-state index in [-0.39, 0.29) is 30.0 Å². The van der Waals surface area contributed by atoms with Crippen molar-refractivity contribution in [3.8, 4) is 6.07 Å². The van der Waals surface area contributed by atoms with E-state index in [1.807, 2.05) is 6.07 Å². The molecule has 27 heavy (non-hydrogen) atoms. The predicted molar refractivity (Wildman–Crippen MR) is 110 cm³/mol. The van der Waals surface area contributed by atoms with Crippen molar-refractivity contribution in [1.29, 1.82) is 5.26 Å². The molecule has 2 aromatic rings. The number of alkyl halides is 3. The molecule has 0 saturated heterocycles. The van der Waals surface area contributed by atoms with Crippen LogP contribution >= 0.6 is 24.0 Å². The summed E-state index contributed by atoms with van der Waals surface area (Å²) in [5.41, 5.74) is 1.29. The number of guanidine groups is 1. The zero-order chi connectivity index (χ0) is 19.2. The molecule has 1 unspecified atom stereocenters. The molecule has 0 bridgehead atoms. The van der Waals surface area contributed by atoms with Gasteiger partial charge in [-0.15, -0.1) is 24.0 Å². The normalized spacial score (nSPS) is 12.5. The lowest BCUT2D eigenvalue weighted by Crippen LogP contribution is -2.38. The minimum Gasteiger partial charge on any atom is -0.352 e. The highest BCUT2D eigenvalue weighted by Gasteiger charge is 2.30. The fraction of sp³-hybridized carbons (Fsp3) is 0.263. The van der Waals surface area contributed by atoms with Crippen LogP contribution in [0.25, 0.3) is 0 Å². The second-order valence-corrected chi connectivity index (χ2v) is 5.73. The molecule has 1 atom stereocenters. The van der Waals surface area contributed by atoms with Crippen molar-refractivity contribution in [1.82, 2.24) is 10.6 Å². The highest BCUT2D eigenvalue weighted by atomic mass is 127. The summed E-state index contributed by atoms with van der Waals surface area (Å²) in [4.78, 5) is 4.09. The molecule has 4 nitrogen and oxygen atoms in total. The van der Waals surface area contributed by atoms with E-state index in [0.29, 0.717) is 23.6 Å². The van der Waals surface area contributed by atoms with E-state index in [1.54, 1.807) is 38.2 Å². The lowest BCUT2D eigenvalue weighted by Gasteiger charge is -2.19. The summed E-state index contributed by atoms with van der Waals surface area (Å²) in [5.74, 6) is 0.456. The molecule has 2 aromatic carbocycles. The van der Waals surface area contributed by atoms with Gasteiger partial charge in [0, 0.05) is 13.6 Å². The lowest BCUT2D eigenvalue weighted by molar-refractivity contribution is -0.137. The van der Waals surface area contributed by atoms with E-state index < -0.39 is 11.7 Å². The SMILES string of the molecule is CN=C(NCc1cccc(C#N)c1)NC(C)c1cccc(C(F)(F)F)c1.I. The predicted octanol–water partition coefficient (Wildman–Crippen LogP) is 4.62. The second-order valence-electron chi connectivity index (χ2n) is 5.73. The first kappa shape index (κ1) is 22.8. The molecule has 2 rings (SSSR count). The van der Waals surface area contributed by atoms with Crippen LogP contribution in [0, 0.1) is 11.3 Å². The molecular formula is C19H20F3IN4. The Labute approximate surface area is 173 Å². The van der Waals surface area contributed by atoms with Gasteiger partial charge in [-0.1, -0.05) is 24.3 Å². The number of hydrogen-bond donors (Lipinski definition) is 2. The van der Waals surface area contributed by atoms with Gasteiger partial charge in [-0.05, 0) is 42.3 Å². The molecule has 0 saturated carbocycles. The van der Waals surface area contributed by atoms with Crippen molar-refractivity contribution in [2.24, 2.45) is 4.99 Å². The summed E-state index contributed by atoms with van der Waals surface area (Å²) >= 11 is 0. The van der Waals surface area contributed by atoms with Crippen LogP contribution in [0.5, 0.6) is 0 Å². The maximum atomic E-state index is 12.9. The van der Waals surface area contributed by atoms with Gasteiger partial charge in [0.1, 0.15) is 0 Å². The van der Waals surface area contributed by atoms with E-state index in [1.165, 1.54) is 6.07 Å². The third-order valence-electron chi connectivity index (χ3n) is 3.81. The topological polar surface area (TPSA) is 60.2 Å². The van der Waals surface area contributed by atoms with Gasteiger partial charge in [-0.3, -0.25) is 4.99 Å². The zero-order valence-electron chi connectivity index (χ0n) is 14.8. The average Bonchev–Trinajstić information content (AvgIpc) is 2.64. The van der Waals surface area contributed by atoms with Crippen LogP contribution in [-0.2, 0) is 12.7 Å². The Bertz CT molecular complexity index is 828. The van der Waals surface area contributed by atoms with E-state index in [0.717, 1.165) is 17.7 Å². The Kier molecular flexibility index (Phi) is 8.56. The number of aliphatic imine (C=N–C) groups is 1. The van der Waals surface area contributed by atoms with Crippen LogP contribution in [0.4, 0.5) is 13.2 Å². The first-order chi connectivity index (χ1) is 12.3. The number of hydrogen-bond acceptors (Lipinski definition) is 2. The van der Waals surface area contributed by atoms with Crippen LogP contribution in [0.1, 0.15) is 35.2 Å². The summed E-state index contributed by atoms with van der Waals surface area (Å²) < 4.78 is 38.6. The summed E-state index contributed by atoms with van der Waals surface area (Å²) in [6.07, 6.45) is -4.37. The fourth-order valence-electron chi connectivity index (χ4n) is 2.40. The number of benzene rings is 2. The second kappa shape index (κ2) is 10.2. The standard InChI is InChI=1S/C19H19F3N4.HI/c1-13(16-7-4-8-17(10-16)19(20,21)22)26-18(24-2)25-12-15-6-3-5-14(9-15)11-23;/h3-10,13H,12H2,1-2H3,(H2,24,25,26);1H. The minimum absolute atomic E-state index is 0. The van der Waals surface area contributed by atoms with E-state index in [4.69, 9.17) is 5.26 Å². The summed E-state index contributed by atoms with van der Waals surface area (Å²) in [6.45, 7) is 2.20. The average molecular weight is 488 g/mol. The van der Waals surface area contributed by atoms with Crippen molar-refractivity contribution in [3.63, 3.8) is 0 Å². The van der Waals surface area contributed by atoms with Crippen molar-refractivity contribution < 1.29 is 13.2 Å². The van der Waals surface area contributed by atoms with E-state index in [2.05, 4.69) is 21.7 Å². The Balaban J connectivity index is 0.00000364. The monoisotopic (exact) mass is 488 g/mol. The summed E-state index contributed by atoms with van der Waals surface area (Å²) in [7, 11) is 1.58. The van der Waals surface area contributed by atoms with E-state index >= 15 is 0 Å². The number of nitrogens with zero attached hydrogens (tertiary/aromatic N) is 2. The first-order valence-corrected chi connectivity index (χ1v) is 7.97. The van der Waals surface area contributed by atoms with Gasteiger partial charge in [0.2, 0.25) is 0 Å². The van der Waals surface area contributed by atoms with Crippen molar-refractivity contribution >= 4 is 29.9 Å². The molecule has 2 N–H and O–H groups in total. The summed E-state index contributed by atoms with van der Waals surface area (Å²) in [5, 5.41) is 15.1. The third-order valence-corrected chi connectivity index (χ3v) is 3.81. The van der Waals surface area contributed by atoms with Crippen LogP contribution < -0.4 is 10.6 Å². The molecule has 0 amide bonds. The fourth-order valence-corrected chi connectivity index (χ4v) is 2.40. The largest absolute Gasteiger partial charge is 0.416 e. The van der Waals surface area contributed by atoms with Crippen LogP contribution in [-0.4, -0.2) is 13.0 Å². The van der Waals surface area contributed by atoms with E-state index in [9.17, 15) is 13.2 Å². The number of halogens is 4. The highest BCUT2D eigenvalue weighted by molar-refractivity contribution is 14.0. The van der Waals surface area contributed by atoms with Crippen LogP contribution in [0.15, 0.2) is 53.5 Å². The van der Waals surface area contributed by atoms with Gasteiger partial charge in [-0.25, -0.2) is 0 Å². The van der Waals surface area contributed by atoms with Gasteiger partial charge in [0.25, 0.3) is 0 Å². The molecule has 144 valence electrons. The van der Waals surface area contributed by atoms with Gasteiger partial charge in [0.05, 0.1) is 23.2 Å². The van der Waals surface area contributed by atoms with Gasteiger partial charge in [-0.2, -0.15) is 18.4 Å². The number of nitrogens with one attached hydrogen (secondary N) is 2. The molecule has 0 fully saturated rings. The molecule has 0 heterocycles. The van der Waals surface area contributed by atoms with Gasteiger partial charge < -0.3 is 10.6 Å². The Hall–Kier alpha value is -2.28. The first-order valence-electron chi connectivity index (χ1n) is 7.97. The summed E-state index contributed by atoms with van der Waals surface area (Å²) in [6, 6.07) is 14.0. The number of rotatable bonds is 4. The molecule has 8 heteroatoms. The molecule has 0 radical (unpaired) electrons. The molecular weight excluding hydrogens is 468 g/mol. The van der Waals surface area contributed by atoms with Crippen LogP contribution in [0.3, 0.4) is 0 Å². The van der Waals surface area contributed by atoms with Gasteiger partial charge in [0.15, 0.2) is 5.96 Å².